The Balaban J connectivity index is 0.000000458. The largest absolute Gasteiger partial charge is 0.391 e. The molecule has 1 saturated heterocycles. The van der Waals surface area contributed by atoms with Crippen molar-refractivity contribution in [3.63, 3.8) is 0 Å². The van der Waals surface area contributed by atoms with E-state index >= 15 is 0 Å². The first-order valence-corrected chi connectivity index (χ1v) is 16.5. The lowest BCUT2D eigenvalue weighted by molar-refractivity contribution is -0.125. The summed E-state index contributed by atoms with van der Waals surface area (Å²) < 4.78 is 1.91. The van der Waals surface area contributed by atoms with Crippen molar-refractivity contribution < 1.29 is 9.90 Å². The summed E-state index contributed by atoms with van der Waals surface area (Å²) in [7, 11) is 3.66. The summed E-state index contributed by atoms with van der Waals surface area (Å²) in [6.07, 6.45) is 10.2. The fourth-order valence-corrected chi connectivity index (χ4v) is 6.27. The van der Waals surface area contributed by atoms with Crippen molar-refractivity contribution >= 4 is 28.2 Å². The van der Waals surface area contributed by atoms with Gasteiger partial charge < -0.3 is 20.6 Å². The summed E-state index contributed by atoms with van der Waals surface area (Å²) in [6, 6.07) is -0.494. The predicted molar refractivity (Wildman–Crippen MR) is 172 cm³/mol. The number of anilines is 1. The molecule has 5 atom stereocenters. The van der Waals surface area contributed by atoms with E-state index < -0.39 is 12.1 Å². The van der Waals surface area contributed by atoms with Crippen molar-refractivity contribution in [3.8, 4) is 0 Å². The number of nitrogens with one attached hydrogen (secondary N) is 2. The number of nitrogens with zero attached hydrogens (tertiary/aromatic N) is 6. The van der Waals surface area contributed by atoms with Gasteiger partial charge >= 0.3 is 0 Å². The molecule has 3 heterocycles. The summed E-state index contributed by atoms with van der Waals surface area (Å²) >= 11 is 1.71. The summed E-state index contributed by atoms with van der Waals surface area (Å²) in [4.78, 5) is 25.6. The molecule has 0 bridgehead atoms. The molecule has 2 aromatic rings. The number of carbonyl (C=O) groups excluding carboxylic acids is 1. The summed E-state index contributed by atoms with van der Waals surface area (Å²) in [6.45, 7) is 15.5. The van der Waals surface area contributed by atoms with E-state index in [-0.39, 0.29) is 23.4 Å². The summed E-state index contributed by atoms with van der Waals surface area (Å²) in [5, 5.41) is 26.8. The molecule has 2 aromatic heterocycles. The minimum Gasteiger partial charge on any atom is -0.391 e. The second-order valence-corrected chi connectivity index (χ2v) is 13.9. The molecule has 11 heteroatoms. The molecule has 10 nitrogen and oxygen atoms in total. The minimum absolute atomic E-state index is 0.0173. The molecule has 0 aromatic carbocycles. The van der Waals surface area contributed by atoms with Crippen LogP contribution in [0.3, 0.4) is 0 Å². The van der Waals surface area contributed by atoms with E-state index in [1.165, 1.54) is 17.7 Å². The standard InChI is InChI=1S/C25H44N6O2.C6H10N2S/c1-8-10-19(16(3)9-2)27-24(33)21-13-18(32)14-30(21)23(26-7)22(25(4,5)6)31-15-20(28-29-31)17-11-12-17;1-3-5-4-8-6(7-2)9-5/h15-19,21-22,32H,8-14H2,1-7H3,(H,27,33);4H,3H2,1-2H3,(H,7,8). The van der Waals surface area contributed by atoms with Crippen LogP contribution in [0.4, 0.5) is 5.13 Å². The predicted octanol–water partition coefficient (Wildman–Crippen LogP) is 5.28. The highest BCUT2D eigenvalue weighted by Crippen LogP contribution is 2.40. The number of aromatic nitrogens is 4. The molecule has 0 spiro atoms. The topological polar surface area (TPSA) is 121 Å². The average Bonchev–Trinajstić information content (AvgIpc) is 3.33. The number of amides is 1. The zero-order chi connectivity index (χ0) is 31.0. The maximum absolute atomic E-state index is 13.5. The van der Waals surface area contributed by atoms with Gasteiger partial charge in [-0.1, -0.05) is 66.5 Å². The zero-order valence-electron chi connectivity index (χ0n) is 27.2. The van der Waals surface area contributed by atoms with Crippen LogP contribution in [0.25, 0.3) is 0 Å². The molecule has 1 aliphatic carbocycles. The van der Waals surface area contributed by atoms with Gasteiger partial charge in [-0.05, 0) is 37.0 Å². The van der Waals surface area contributed by atoms with Gasteiger partial charge in [0, 0.05) is 56.3 Å². The monoisotopic (exact) mass is 602 g/mol. The Kier molecular flexibility index (Phi) is 12.4. The average molecular weight is 603 g/mol. The van der Waals surface area contributed by atoms with Gasteiger partial charge in [-0.15, -0.1) is 16.4 Å². The first-order valence-electron chi connectivity index (χ1n) is 15.7. The third kappa shape index (κ3) is 8.75. The second kappa shape index (κ2) is 15.3. The van der Waals surface area contributed by atoms with E-state index in [1.54, 1.807) is 18.4 Å². The molecule has 1 amide bonds. The van der Waals surface area contributed by atoms with Crippen LogP contribution in [-0.2, 0) is 11.2 Å². The highest BCUT2D eigenvalue weighted by atomic mass is 32.1. The molecule has 2 fully saturated rings. The lowest BCUT2D eigenvalue weighted by Gasteiger charge is -2.38. The van der Waals surface area contributed by atoms with Gasteiger partial charge in [0.2, 0.25) is 5.91 Å². The maximum atomic E-state index is 13.5. The van der Waals surface area contributed by atoms with Crippen LogP contribution in [0.15, 0.2) is 17.4 Å². The number of hydrogen-bond donors (Lipinski definition) is 3. The highest BCUT2D eigenvalue weighted by molar-refractivity contribution is 7.15. The number of aryl methyl sites for hydroxylation is 1. The Hall–Kier alpha value is -2.53. The zero-order valence-corrected chi connectivity index (χ0v) is 28.0. The summed E-state index contributed by atoms with van der Waals surface area (Å²) in [5.74, 6) is 1.69. The Morgan fingerprint density at radius 2 is 1.98 bits per heavy atom. The molecular weight excluding hydrogens is 548 g/mol. The number of hydrogen-bond acceptors (Lipinski definition) is 8. The van der Waals surface area contributed by atoms with Crippen LogP contribution in [0.5, 0.6) is 0 Å². The van der Waals surface area contributed by atoms with Crippen LogP contribution in [0.1, 0.15) is 110 Å². The van der Waals surface area contributed by atoms with Gasteiger partial charge in [0.15, 0.2) is 5.13 Å². The smallest absolute Gasteiger partial charge is 0.243 e. The van der Waals surface area contributed by atoms with Crippen LogP contribution in [0, 0.1) is 11.3 Å². The number of amidine groups is 1. The highest BCUT2D eigenvalue weighted by Gasteiger charge is 2.44. The molecule has 42 heavy (non-hydrogen) atoms. The number of aliphatic imine (C=N–C) groups is 1. The Morgan fingerprint density at radius 3 is 2.48 bits per heavy atom. The number of likely N-dealkylation sites (tertiary alicyclic amines) is 1. The van der Waals surface area contributed by atoms with E-state index in [0.29, 0.717) is 24.8 Å². The molecule has 1 aliphatic heterocycles. The normalized spacial score (nSPS) is 21.4. The van der Waals surface area contributed by atoms with Gasteiger partial charge in [0.25, 0.3) is 0 Å². The van der Waals surface area contributed by atoms with E-state index in [4.69, 9.17) is 0 Å². The van der Waals surface area contributed by atoms with Crippen molar-refractivity contribution in [2.45, 2.75) is 124 Å². The molecular formula is C31H54N8O2S. The first-order chi connectivity index (χ1) is 20.0. The molecule has 3 N–H and O–H groups in total. The van der Waals surface area contributed by atoms with E-state index in [9.17, 15) is 9.90 Å². The van der Waals surface area contributed by atoms with Crippen LogP contribution >= 0.6 is 11.3 Å². The van der Waals surface area contributed by atoms with Crippen molar-refractivity contribution in [1.82, 2.24) is 30.2 Å². The number of thiazole rings is 1. The molecule has 4 rings (SSSR count). The number of rotatable bonds is 11. The Morgan fingerprint density at radius 1 is 1.26 bits per heavy atom. The Labute approximate surface area is 256 Å². The quantitative estimate of drug-likeness (QED) is 0.236. The molecule has 0 radical (unpaired) electrons. The first kappa shape index (κ1) is 34.0. The van der Waals surface area contributed by atoms with Gasteiger partial charge in [-0.25, -0.2) is 9.67 Å². The molecule has 5 unspecified atom stereocenters. The van der Waals surface area contributed by atoms with Crippen molar-refractivity contribution in [1.29, 1.82) is 0 Å². The van der Waals surface area contributed by atoms with Gasteiger partial charge in [0.1, 0.15) is 17.9 Å². The second-order valence-electron chi connectivity index (χ2n) is 12.8. The van der Waals surface area contributed by atoms with Crippen molar-refractivity contribution in [2.75, 3.05) is 26.0 Å². The van der Waals surface area contributed by atoms with Gasteiger partial charge in [-0.2, -0.15) is 0 Å². The van der Waals surface area contributed by atoms with Gasteiger partial charge in [0.05, 0.1) is 11.8 Å². The number of aliphatic hydroxyl groups is 1. The summed E-state index contributed by atoms with van der Waals surface area (Å²) in [5.41, 5.74) is 0.825. The number of aliphatic hydroxyl groups excluding tert-OH is 1. The maximum Gasteiger partial charge on any atom is 0.243 e. The molecule has 236 valence electrons. The third-order valence-electron chi connectivity index (χ3n) is 8.33. The minimum atomic E-state index is -0.566. The fraction of sp³-hybridized carbons (Fsp3) is 0.774. The lowest BCUT2D eigenvalue weighted by Crippen LogP contribution is -2.53. The molecule has 2 aliphatic rings. The van der Waals surface area contributed by atoms with Crippen LogP contribution in [-0.4, -0.2) is 80.6 Å². The van der Waals surface area contributed by atoms with Crippen LogP contribution in [0.2, 0.25) is 0 Å². The number of β-amino-alcohol motifs (C(OH)–C–C–N with tert-alkyl or cyclic N) is 1. The van der Waals surface area contributed by atoms with Crippen molar-refractivity contribution in [2.24, 2.45) is 16.3 Å². The van der Waals surface area contributed by atoms with E-state index in [1.807, 2.05) is 29.0 Å². The van der Waals surface area contributed by atoms with Gasteiger partial charge in [-0.3, -0.25) is 9.79 Å². The lowest BCUT2D eigenvalue weighted by atomic mass is 9.85. The molecule has 1 saturated carbocycles. The third-order valence-corrected chi connectivity index (χ3v) is 9.49. The van der Waals surface area contributed by atoms with E-state index in [0.717, 1.165) is 42.3 Å². The number of carbonyl (C=O) groups is 1. The van der Waals surface area contributed by atoms with Crippen molar-refractivity contribution in [3.05, 3.63) is 23.0 Å². The fourth-order valence-electron chi connectivity index (χ4n) is 5.57. The SMILES string of the molecule is CCCC(NC(=O)C1CC(O)CN1C(=NC)C(n1cc(C2CC2)nn1)C(C)(C)C)C(C)CC.CCc1cnc(NC)s1. The Bertz CT molecular complexity index is 1130. The van der Waals surface area contributed by atoms with E-state index in [2.05, 4.69) is 79.4 Å². The van der Waals surface area contributed by atoms with Crippen LogP contribution < -0.4 is 10.6 Å².